The Morgan fingerprint density at radius 2 is 1.60 bits per heavy atom. The number of amides is 1. The Morgan fingerprint density at radius 3 is 2.16 bits per heavy atom. The number of hydrogen-bond donors (Lipinski definition) is 2. The Kier molecular flexibility index (Phi) is 6.57. The van der Waals surface area contributed by atoms with Crippen molar-refractivity contribution >= 4 is 56.2 Å². The van der Waals surface area contributed by atoms with Crippen LogP contribution in [-0.4, -0.2) is 20.1 Å². The normalized spacial score (nSPS) is 11.2. The number of carbonyl (C=O) groups excluding carboxylic acids is 1. The van der Waals surface area contributed by atoms with Crippen molar-refractivity contribution in [1.82, 2.24) is 5.43 Å². The van der Waals surface area contributed by atoms with Crippen LogP contribution >= 0.6 is 34.8 Å². The average Bonchev–Trinajstić information content (AvgIpc) is 2.52. The standard InChI is InChI=1S/C16H15Cl3N2O3S/c1-10-2-4-12(5-3-10)25(23,24)7-6-15(22)20-21-16-13(18)8-11(17)9-14(16)19/h2-5,8-9,21H,6-7H2,1H3,(H,20,22). The van der Waals surface area contributed by atoms with Gasteiger partial charge in [0, 0.05) is 11.4 Å². The molecule has 0 spiro atoms. The maximum Gasteiger partial charge on any atom is 0.239 e. The van der Waals surface area contributed by atoms with Gasteiger partial charge in [-0.05, 0) is 31.2 Å². The first-order valence-corrected chi connectivity index (χ1v) is 9.96. The molecule has 0 heterocycles. The van der Waals surface area contributed by atoms with E-state index in [1.54, 1.807) is 12.1 Å². The summed E-state index contributed by atoms with van der Waals surface area (Å²) in [6, 6.07) is 9.39. The van der Waals surface area contributed by atoms with Gasteiger partial charge in [0.25, 0.3) is 0 Å². The minimum absolute atomic E-state index is 0.183. The summed E-state index contributed by atoms with van der Waals surface area (Å²) in [5.74, 6) is -0.830. The van der Waals surface area contributed by atoms with Crippen molar-refractivity contribution in [1.29, 1.82) is 0 Å². The van der Waals surface area contributed by atoms with Crippen molar-refractivity contribution < 1.29 is 13.2 Å². The van der Waals surface area contributed by atoms with Gasteiger partial charge in [0.2, 0.25) is 5.91 Å². The van der Waals surface area contributed by atoms with Gasteiger partial charge in [0.05, 0.1) is 26.4 Å². The number of sulfone groups is 1. The first kappa shape index (κ1) is 19.8. The minimum Gasteiger partial charge on any atom is -0.296 e. The zero-order valence-corrected chi connectivity index (χ0v) is 16.2. The second kappa shape index (κ2) is 8.27. The van der Waals surface area contributed by atoms with E-state index in [1.165, 1.54) is 24.3 Å². The van der Waals surface area contributed by atoms with Crippen LogP contribution in [0.25, 0.3) is 0 Å². The highest BCUT2D eigenvalue weighted by Gasteiger charge is 2.16. The number of benzene rings is 2. The van der Waals surface area contributed by atoms with Crippen molar-refractivity contribution in [3.63, 3.8) is 0 Å². The molecule has 2 aromatic carbocycles. The Bertz CT molecular complexity index is 861. The Morgan fingerprint density at radius 1 is 1.04 bits per heavy atom. The summed E-state index contributed by atoms with van der Waals surface area (Å²) >= 11 is 17.8. The van der Waals surface area contributed by atoms with E-state index in [4.69, 9.17) is 34.8 Å². The zero-order chi connectivity index (χ0) is 18.6. The molecule has 0 aliphatic rings. The zero-order valence-electron chi connectivity index (χ0n) is 13.1. The third-order valence-corrected chi connectivity index (χ3v) is 5.86. The molecule has 25 heavy (non-hydrogen) atoms. The lowest BCUT2D eigenvalue weighted by Crippen LogP contribution is -2.31. The largest absolute Gasteiger partial charge is 0.296 e. The predicted octanol–water partition coefficient (Wildman–Crippen LogP) is 4.26. The molecule has 1 amide bonds. The molecule has 0 radical (unpaired) electrons. The molecule has 134 valence electrons. The van der Waals surface area contributed by atoms with Gasteiger partial charge in [-0.3, -0.25) is 15.6 Å². The number of hydrogen-bond acceptors (Lipinski definition) is 4. The fraction of sp³-hybridized carbons (Fsp3) is 0.188. The van der Waals surface area contributed by atoms with Crippen LogP contribution < -0.4 is 10.9 Å². The van der Waals surface area contributed by atoms with Gasteiger partial charge in [-0.15, -0.1) is 0 Å². The van der Waals surface area contributed by atoms with Crippen molar-refractivity contribution in [3.8, 4) is 0 Å². The van der Waals surface area contributed by atoms with E-state index in [1.807, 2.05) is 6.92 Å². The maximum absolute atomic E-state index is 12.2. The average molecular weight is 422 g/mol. The quantitative estimate of drug-likeness (QED) is 0.683. The highest BCUT2D eigenvalue weighted by atomic mass is 35.5. The molecule has 9 heteroatoms. The first-order valence-electron chi connectivity index (χ1n) is 7.18. The molecular formula is C16H15Cl3N2O3S. The summed E-state index contributed by atoms with van der Waals surface area (Å²) in [5, 5.41) is 0.811. The molecule has 0 saturated carbocycles. The van der Waals surface area contributed by atoms with Gasteiger partial charge in [0.15, 0.2) is 9.84 Å². The number of aryl methyl sites for hydroxylation is 1. The summed E-state index contributed by atoms with van der Waals surface area (Å²) < 4.78 is 24.4. The Hall–Kier alpha value is -1.47. The van der Waals surface area contributed by atoms with Gasteiger partial charge in [-0.25, -0.2) is 8.42 Å². The van der Waals surface area contributed by atoms with Gasteiger partial charge in [0.1, 0.15) is 0 Å². The number of anilines is 1. The van der Waals surface area contributed by atoms with E-state index >= 15 is 0 Å². The van der Waals surface area contributed by atoms with Crippen LogP contribution in [0.3, 0.4) is 0 Å². The maximum atomic E-state index is 12.2. The van der Waals surface area contributed by atoms with Gasteiger partial charge < -0.3 is 0 Å². The van der Waals surface area contributed by atoms with Gasteiger partial charge in [-0.1, -0.05) is 52.5 Å². The molecule has 0 saturated heterocycles. The highest BCUT2D eigenvalue weighted by molar-refractivity contribution is 7.91. The minimum atomic E-state index is -3.54. The summed E-state index contributed by atoms with van der Waals surface area (Å²) in [6.07, 6.45) is -0.216. The van der Waals surface area contributed by atoms with Gasteiger partial charge >= 0.3 is 0 Å². The second-order valence-electron chi connectivity index (χ2n) is 5.30. The smallest absolute Gasteiger partial charge is 0.239 e. The van der Waals surface area contributed by atoms with E-state index in [0.717, 1.165) is 5.56 Å². The van der Waals surface area contributed by atoms with Crippen molar-refractivity contribution in [3.05, 3.63) is 57.0 Å². The molecule has 2 rings (SSSR count). The highest BCUT2D eigenvalue weighted by Crippen LogP contribution is 2.33. The third-order valence-electron chi connectivity index (χ3n) is 3.31. The monoisotopic (exact) mass is 420 g/mol. The molecule has 2 aromatic rings. The van der Waals surface area contributed by atoms with Crippen molar-refractivity contribution in [2.75, 3.05) is 11.2 Å². The molecule has 0 aliphatic heterocycles. The fourth-order valence-electron chi connectivity index (χ4n) is 1.95. The lowest BCUT2D eigenvalue weighted by Gasteiger charge is -2.12. The van der Waals surface area contributed by atoms with E-state index in [2.05, 4.69) is 10.9 Å². The van der Waals surface area contributed by atoms with Gasteiger partial charge in [-0.2, -0.15) is 0 Å². The van der Waals surface area contributed by atoms with Crippen LogP contribution in [0.15, 0.2) is 41.3 Å². The molecule has 0 aliphatic carbocycles. The van der Waals surface area contributed by atoms with Crippen LogP contribution in [0.1, 0.15) is 12.0 Å². The number of carbonyl (C=O) groups is 1. The summed E-state index contributed by atoms with van der Waals surface area (Å²) in [6.45, 7) is 1.86. The Labute approximate surface area is 161 Å². The number of halogens is 3. The SMILES string of the molecule is Cc1ccc(S(=O)(=O)CCC(=O)NNc2c(Cl)cc(Cl)cc2Cl)cc1. The second-order valence-corrected chi connectivity index (χ2v) is 8.66. The van der Waals surface area contributed by atoms with Crippen LogP contribution in [0.2, 0.25) is 15.1 Å². The lowest BCUT2D eigenvalue weighted by atomic mass is 10.2. The molecule has 0 unspecified atom stereocenters. The summed E-state index contributed by atoms with van der Waals surface area (Å²) in [4.78, 5) is 12.1. The van der Waals surface area contributed by atoms with Crippen molar-refractivity contribution in [2.45, 2.75) is 18.2 Å². The van der Waals surface area contributed by atoms with Crippen LogP contribution in [0.4, 0.5) is 5.69 Å². The Balaban J connectivity index is 1.94. The third kappa shape index (κ3) is 5.51. The summed E-state index contributed by atoms with van der Waals surface area (Å²) in [7, 11) is -3.54. The fourth-order valence-corrected chi connectivity index (χ4v) is 4.10. The lowest BCUT2D eigenvalue weighted by molar-refractivity contribution is -0.120. The number of nitrogens with one attached hydrogen (secondary N) is 2. The van der Waals surface area contributed by atoms with E-state index < -0.39 is 15.7 Å². The van der Waals surface area contributed by atoms with Crippen LogP contribution in [0, 0.1) is 6.92 Å². The van der Waals surface area contributed by atoms with E-state index in [-0.39, 0.29) is 32.8 Å². The van der Waals surface area contributed by atoms with Crippen LogP contribution in [-0.2, 0) is 14.6 Å². The molecule has 0 atom stereocenters. The molecule has 0 aromatic heterocycles. The molecular weight excluding hydrogens is 407 g/mol. The first-order chi connectivity index (χ1) is 11.7. The number of hydrazine groups is 1. The summed E-state index contributed by atoms with van der Waals surface area (Å²) in [5.41, 5.74) is 6.18. The number of rotatable bonds is 6. The van der Waals surface area contributed by atoms with Crippen LogP contribution in [0.5, 0.6) is 0 Å². The predicted molar refractivity (Wildman–Crippen MR) is 101 cm³/mol. The molecule has 0 bridgehead atoms. The molecule has 2 N–H and O–H groups in total. The molecule has 5 nitrogen and oxygen atoms in total. The van der Waals surface area contributed by atoms with Crippen molar-refractivity contribution in [2.24, 2.45) is 0 Å². The van der Waals surface area contributed by atoms with E-state index in [0.29, 0.717) is 5.02 Å². The molecule has 0 fully saturated rings. The van der Waals surface area contributed by atoms with E-state index in [9.17, 15) is 13.2 Å². The topological polar surface area (TPSA) is 75.3 Å².